The minimum absolute atomic E-state index is 0.219. The van der Waals surface area contributed by atoms with Gasteiger partial charge in [0, 0.05) is 23.3 Å². The average Bonchev–Trinajstić information content (AvgIpc) is 2.76. The van der Waals surface area contributed by atoms with Crippen LogP contribution >= 0.6 is 11.6 Å². The summed E-state index contributed by atoms with van der Waals surface area (Å²) in [7, 11) is 0. The van der Waals surface area contributed by atoms with Crippen LogP contribution in [-0.2, 0) is 6.54 Å². The molecule has 0 amide bonds. The number of aromatic nitrogens is 2. The lowest BCUT2D eigenvalue weighted by Crippen LogP contribution is -2.11. The van der Waals surface area contributed by atoms with E-state index in [0.29, 0.717) is 5.02 Å². The number of nitrogens with two attached hydrogens (primary N) is 1. The Morgan fingerprint density at radius 3 is 2.82 bits per heavy atom. The van der Waals surface area contributed by atoms with Gasteiger partial charge in [-0.1, -0.05) is 23.7 Å². The summed E-state index contributed by atoms with van der Waals surface area (Å²) in [4.78, 5) is 0. The molecule has 17 heavy (non-hydrogen) atoms. The number of rotatable bonds is 3. The van der Waals surface area contributed by atoms with Crippen LogP contribution in [0, 0.1) is 6.92 Å². The van der Waals surface area contributed by atoms with Crippen LogP contribution in [0.1, 0.15) is 29.7 Å². The third-order valence-electron chi connectivity index (χ3n) is 2.83. The largest absolute Gasteiger partial charge is 0.320 e. The van der Waals surface area contributed by atoms with Crippen molar-refractivity contribution in [2.24, 2.45) is 5.73 Å². The first-order valence-corrected chi connectivity index (χ1v) is 6.03. The van der Waals surface area contributed by atoms with Gasteiger partial charge in [0.2, 0.25) is 0 Å². The molecular weight excluding hydrogens is 234 g/mol. The summed E-state index contributed by atoms with van der Waals surface area (Å²) >= 11 is 6.21. The minimum atomic E-state index is -0.219. The summed E-state index contributed by atoms with van der Waals surface area (Å²) in [5, 5.41) is 4.93. The summed E-state index contributed by atoms with van der Waals surface area (Å²) in [5.41, 5.74) is 9.25. The number of aryl methyl sites for hydroxylation is 2. The van der Waals surface area contributed by atoms with Gasteiger partial charge in [0.1, 0.15) is 0 Å². The summed E-state index contributed by atoms with van der Waals surface area (Å²) in [6.07, 6.45) is 3.76. The van der Waals surface area contributed by atoms with Crippen molar-refractivity contribution in [2.75, 3.05) is 0 Å². The molecule has 4 heteroatoms. The molecule has 1 unspecified atom stereocenters. The van der Waals surface area contributed by atoms with E-state index in [1.807, 2.05) is 42.9 Å². The summed E-state index contributed by atoms with van der Waals surface area (Å²) < 4.78 is 1.86. The maximum atomic E-state index is 6.21. The van der Waals surface area contributed by atoms with E-state index in [-0.39, 0.29) is 6.04 Å². The van der Waals surface area contributed by atoms with E-state index >= 15 is 0 Å². The predicted molar refractivity (Wildman–Crippen MR) is 70.1 cm³/mol. The Labute approximate surface area is 106 Å². The van der Waals surface area contributed by atoms with E-state index in [1.54, 1.807) is 6.20 Å². The first kappa shape index (κ1) is 12.1. The van der Waals surface area contributed by atoms with Gasteiger partial charge in [-0.05, 0) is 31.0 Å². The lowest BCUT2D eigenvalue weighted by Gasteiger charge is -2.12. The highest BCUT2D eigenvalue weighted by Gasteiger charge is 2.14. The molecule has 0 fully saturated rings. The summed E-state index contributed by atoms with van der Waals surface area (Å²) in [5.74, 6) is 0. The lowest BCUT2D eigenvalue weighted by molar-refractivity contribution is 0.658. The van der Waals surface area contributed by atoms with E-state index in [2.05, 4.69) is 5.10 Å². The predicted octanol–water partition coefficient (Wildman–Crippen LogP) is 2.91. The Balaban J connectivity index is 2.33. The average molecular weight is 250 g/mol. The van der Waals surface area contributed by atoms with Gasteiger partial charge < -0.3 is 5.73 Å². The van der Waals surface area contributed by atoms with Crippen molar-refractivity contribution in [1.29, 1.82) is 0 Å². The van der Waals surface area contributed by atoms with Crippen LogP contribution in [0.3, 0.4) is 0 Å². The van der Waals surface area contributed by atoms with Crippen molar-refractivity contribution in [1.82, 2.24) is 9.78 Å². The van der Waals surface area contributed by atoms with Crippen LogP contribution in [0.2, 0.25) is 5.02 Å². The zero-order valence-corrected chi connectivity index (χ0v) is 10.8. The van der Waals surface area contributed by atoms with Crippen LogP contribution < -0.4 is 5.73 Å². The van der Waals surface area contributed by atoms with Crippen molar-refractivity contribution >= 4 is 11.6 Å². The molecule has 0 saturated carbocycles. The van der Waals surface area contributed by atoms with Crippen molar-refractivity contribution in [3.05, 3.63) is 52.3 Å². The molecule has 0 aliphatic rings. The highest BCUT2D eigenvalue weighted by atomic mass is 35.5. The van der Waals surface area contributed by atoms with Crippen molar-refractivity contribution in [3.8, 4) is 0 Å². The maximum absolute atomic E-state index is 6.21. The van der Waals surface area contributed by atoms with Crippen LogP contribution in [0.4, 0.5) is 0 Å². The van der Waals surface area contributed by atoms with E-state index in [9.17, 15) is 0 Å². The van der Waals surface area contributed by atoms with Crippen molar-refractivity contribution < 1.29 is 0 Å². The molecule has 0 saturated heterocycles. The van der Waals surface area contributed by atoms with Gasteiger partial charge in [-0.15, -0.1) is 0 Å². The molecule has 2 aromatic rings. The molecule has 1 aromatic carbocycles. The van der Waals surface area contributed by atoms with Crippen molar-refractivity contribution in [2.45, 2.75) is 26.4 Å². The topological polar surface area (TPSA) is 43.8 Å². The Hall–Kier alpha value is -1.32. The molecule has 3 nitrogen and oxygen atoms in total. The molecule has 1 aromatic heterocycles. The van der Waals surface area contributed by atoms with Gasteiger partial charge in [-0.3, -0.25) is 4.68 Å². The van der Waals surface area contributed by atoms with E-state index < -0.39 is 0 Å². The van der Waals surface area contributed by atoms with Crippen LogP contribution in [-0.4, -0.2) is 9.78 Å². The van der Waals surface area contributed by atoms with E-state index in [4.69, 9.17) is 17.3 Å². The molecule has 2 N–H and O–H groups in total. The maximum Gasteiger partial charge on any atom is 0.0597 e. The zero-order chi connectivity index (χ0) is 12.4. The molecule has 2 rings (SSSR count). The number of benzene rings is 1. The van der Waals surface area contributed by atoms with Crippen LogP contribution in [0.5, 0.6) is 0 Å². The zero-order valence-electron chi connectivity index (χ0n) is 10.0. The molecule has 0 spiro atoms. The smallest absolute Gasteiger partial charge is 0.0597 e. The Morgan fingerprint density at radius 2 is 2.24 bits per heavy atom. The van der Waals surface area contributed by atoms with Crippen LogP contribution in [0.25, 0.3) is 0 Å². The fourth-order valence-electron chi connectivity index (χ4n) is 1.78. The second-order valence-electron chi connectivity index (χ2n) is 4.13. The highest BCUT2D eigenvalue weighted by molar-refractivity contribution is 6.31. The van der Waals surface area contributed by atoms with Gasteiger partial charge >= 0.3 is 0 Å². The van der Waals surface area contributed by atoms with E-state index in [1.165, 1.54) is 0 Å². The summed E-state index contributed by atoms with van der Waals surface area (Å²) in [6.45, 7) is 4.89. The monoisotopic (exact) mass is 249 g/mol. The molecule has 0 bridgehead atoms. The Bertz CT molecular complexity index is 519. The molecule has 0 aliphatic carbocycles. The first-order chi connectivity index (χ1) is 8.11. The normalized spacial score (nSPS) is 12.7. The molecule has 1 heterocycles. The van der Waals surface area contributed by atoms with Gasteiger partial charge in [-0.2, -0.15) is 5.10 Å². The van der Waals surface area contributed by atoms with Gasteiger partial charge in [0.15, 0.2) is 0 Å². The second-order valence-corrected chi connectivity index (χ2v) is 4.54. The standard InChI is InChI=1S/C13H16ClN3/c1-3-17-8-10(7-16-17)13(15)11-5-4-9(2)6-12(11)14/h4-8,13H,3,15H2,1-2H3. The number of hydrogen-bond acceptors (Lipinski definition) is 2. The molecule has 90 valence electrons. The Morgan fingerprint density at radius 1 is 1.47 bits per heavy atom. The van der Waals surface area contributed by atoms with Gasteiger partial charge in [0.25, 0.3) is 0 Å². The highest BCUT2D eigenvalue weighted by Crippen LogP contribution is 2.27. The number of nitrogens with zero attached hydrogens (tertiary/aromatic N) is 2. The van der Waals surface area contributed by atoms with Gasteiger partial charge in [-0.25, -0.2) is 0 Å². The fourth-order valence-corrected chi connectivity index (χ4v) is 2.13. The van der Waals surface area contributed by atoms with Gasteiger partial charge in [0.05, 0.1) is 12.2 Å². The van der Waals surface area contributed by atoms with E-state index in [0.717, 1.165) is 23.2 Å². The number of hydrogen-bond donors (Lipinski definition) is 1. The SMILES string of the molecule is CCn1cc(C(N)c2ccc(C)cc2Cl)cn1. The third kappa shape index (κ3) is 2.51. The minimum Gasteiger partial charge on any atom is -0.320 e. The van der Waals surface area contributed by atoms with Crippen molar-refractivity contribution in [3.63, 3.8) is 0 Å². The molecule has 1 atom stereocenters. The quantitative estimate of drug-likeness (QED) is 0.909. The number of halogens is 1. The molecule has 0 radical (unpaired) electrons. The molecular formula is C13H16ClN3. The Kier molecular flexibility index (Phi) is 3.50. The lowest BCUT2D eigenvalue weighted by atomic mass is 10.0. The summed E-state index contributed by atoms with van der Waals surface area (Å²) in [6, 6.07) is 5.71. The van der Waals surface area contributed by atoms with Crippen LogP contribution in [0.15, 0.2) is 30.6 Å². The third-order valence-corrected chi connectivity index (χ3v) is 3.15. The second kappa shape index (κ2) is 4.90. The molecule has 0 aliphatic heterocycles. The fraction of sp³-hybridized carbons (Fsp3) is 0.308. The first-order valence-electron chi connectivity index (χ1n) is 5.65.